The van der Waals surface area contributed by atoms with Crippen LogP contribution in [-0.4, -0.2) is 19.1 Å². The second-order valence-electron chi connectivity index (χ2n) is 10.7. The Kier molecular flexibility index (Phi) is 30.5. The van der Waals surface area contributed by atoms with E-state index in [4.69, 9.17) is 0 Å². The Morgan fingerprint density at radius 3 is 0.947 bits per heavy atom. The molecular weight excluding hydrogens is 600 g/mol. The zero-order chi connectivity index (χ0) is 26.1. The summed E-state index contributed by atoms with van der Waals surface area (Å²) in [4.78, 5) is 8.49. The Hall–Kier alpha value is -0.620. The zero-order valence-corrected chi connectivity index (χ0v) is 28.9. The van der Waals surface area contributed by atoms with Crippen LogP contribution in [0.25, 0.3) is 0 Å². The quantitative estimate of drug-likeness (QED) is 0.118. The van der Waals surface area contributed by atoms with E-state index in [9.17, 15) is 0 Å². The summed E-state index contributed by atoms with van der Waals surface area (Å²) >= 11 is 0. The standard InChI is InChI=1S/2C16H30N2.2BrH/c2*1-3-4-5-6-7-8-9-10-11-12-14-18-15-13-17-16(18)2;;/h2*13,15H,3-12,14H2,1-2H3;2*1H. The SMILES string of the molecule is Br.Br.CCCCCCCCCCCCn1ccnc1C.CCCCCCCCCCCCn1ccnc1C. The van der Waals surface area contributed by atoms with Crippen LogP contribution in [0.4, 0.5) is 0 Å². The average molecular weight is 663 g/mol. The van der Waals surface area contributed by atoms with Gasteiger partial charge in [-0.2, -0.15) is 0 Å². The maximum absolute atomic E-state index is 4.24. The molecule has 0 saturated heterocycles. The average Bonchev–Trinajstić information content (AvgIpc) is 3.49. The third-order valence-corrected chi connectivity index (χ3v) is 7.35. The van der Waals surface area contributed by atoms with E-state index in [0.717, 1.165) is 24.7 Å². The summed E-state index contributed by atoms with van der Waals surface area (Å²) in [6, 6.07) is 0. The zero-order valence-electron chi connectivity index (χ0n) is 25.5. The molecule has 0 spiro atoms. The summed E-state index contributed by atoms with van der Waals surface area (Å²) in [7, 11) is 0. The number of aromatic nitrogens is 4. The van der Waals surface area contributed by atoms with Crippen molar-refractivity contribution in [1.82, 2.24) is 19.1 Å². The molecule has 38 heavy (non-hydrogen) atoms. The van der Waals surface area contributed by atoms with E-state index in [2.05, 4.69) is 59.2 Å². The molecule has 0 saturated carbocycles. The molecule has 2 rings (SSSR count). The highest BCUT2D eigenvalue weighted by Crippen LogP contribution is 2.12. The van der Waals surface area contributed by atoms with Gasteiger partial charge in [0.1, 0.15) is 11.6 Å². The molecule has 0 atom stereocenters. The van der Waals surface area contributed by atoms with E-state index in [-0.39, 0.29) is 34.0 Å². The molecule has 2 aromatic rings. The highest BCUT2D eigenvalue weighted by molar-refractivity contribution is 8.93. The van der Waals surface area contributed by atoms with Gasteiger partial charge in [-0.3, -0.25) is 0 Å². The van der Waals surface area contributed by atoms with Crippen molar-refractivity contribution in [2.75, 3.05) is 0 Å². The van der Waals surface area contributed by atoms with Gasteiger partial charge in [0.15, 0.2) is 0 Å². The molecule has 0 aliphatic carbocycles. The van der Waals surface area contributed by atoms with Crippen molar-refractivity contribution in [2.45, 2.75) is 169 Å². The van der Waals surface area contributed by atoms with Crippen molar-refractivity contribution in [1.29, 1.82) is 0 Å². The minimum Gasteiger partial charge on any atom is -0.335 e. The molecular formula is C32H62Br2N4. The lowest BCUT2D eigenvalue weighted by molar-refractivity contribution is 0.531. The number of nitrogens with zero attached hydrogens (tertiary/aromatic N) is 4. The normalized spacial score (nSPS) is 10.4. The summed E-state index contributed by atoms with van der Waals surface area (Å²) in [5.41, 5.74) is 0. The molecule has 0 N–H and O–H groups in total. The lowest BCUT2D eigenvalue weighted by Gasteiger charge is -2.05. The summed E-state index contributed by atoms with van der Waals surface area (Å²) < 4.78 is 4.51. The predicted octanol–water partition coefficient (Wildman–Crippen LogP) is 11.4. The molecule has 0 fully saturated rings. The fourth-order valence-corrected chi connectivity index (χ4v) is 4.82. The van der Waals surface area contributed by atoms with Crippen LogP contribution < -0.4 is 0 Å². The van der Waals surface area contributed by atoms with E-state index in [1.54, 1.807) is 0 Å². The van der Waals surface area contributed by atoms with Gasteiger partial charge in [0.25, 0.3) is 0 Å². The van der Waals surface area contributed by atoms with E-state index in [0.29, 0.717) is 0 Å². The Balaban J connectivity index is 0. The van der Waals surface area contributed by atoms with Gasteiger partial charge in [0, 0.05) is 37.9 Å². The second kappa shape index (κ2) is 29.4. The maximum atomic E-state index is 4.24. The first-order chi connectivity index (χ1) is 17.7. The molecule has 0 bridgehead atoms. The number of halogens is 2. The van der Waals surface area contributed by atoms with Crippen LogP contribution in [0.3, 0.4) is 0 Å². The fourth-order valence-electron chi connectivity index (χ4n) is 4.82. The maximum Gasteiger partial charge on any atom is 0.105 e. The van der Waals surface area contributed by atoms with Gasteiger partial charge < -0.3 is 9.13 Å². The van der Waals surface area contributed by atoms with Crippen LogP contribution in [0.5, 0.6) is 0 Å². The summed E-state index contributed by atoms with van der Waals surface area (Å²) in [6.45, 7) is 11.0. The topological polar surface area (TPSA) is 35.6 Å². The van der Waals surface area contributed by atoms with Crippen LogP contribution in [0.1, 0.15) is 154 Å². The van der Waals surface area contributed by atoms with Gasteiger partial charge in [-0.1, -0.05) is 129 Å². The molecule has 224 valence electrons. The van der Waals surface area contributed by atoms with Gasteiger partial charge in [-0.25, -0.2) is 9.97 Å². The molecule has 0 aliphatic heterocycles. The molecule has 2 aromatic heterocycles. The van der Waals surface area contributed by atoms with Gasteiger partial charge in [0.2, 0.25) is 0 Å². The molecule has 4 nitrogen and oxygen atoms in total. The van der Waals surface area contributed by atoms with E-state index >= 15 is 0 Å². The molecule has 0 aromatic carbocycles. The number of imidazole rings is 2. The molecule has 2 heterocycles. The first kappa shape index (κ1) is 39.5. The Labute approximate surface area is 257 Å². The fraction of sp³-hybridized carbons (Fsp3) is 0.812. The van der Waals surface area contributed by atoms with Crippen molar-refractivity contribution in [3.63, 3.8) is 0 Å². The van der Waals surface area contributed by atoms with Crippen molar-refractivity contribution in [2.24, 2.45) is 0 Å². The summed E-state index contributed by atoms with van der Waals surface area (Å²) in [6.07, 6.45) is 36.0. The van der Waals surface area contributed by atoms with Gasteiger partial charge in [-0.15, -0.1) is 34.0 Å². The van der Waals surface area contributed by atoms with Crippen LogP contribution in [0.2, 0.25) is 0 Å². The van der Waals surface area contributed by atoms with E-state index in [1.165, 1.54) is 128 Å². The third kappa shape index (κ3) is 22.2. The molecule has 0 amide bonds. The Morgan fingerprint density at radius 1 is 0.447 bits per heavy atom. The van der Waals surface area contributed by atoms with Crippen LogP contribution in [-0.2, 0) is 13.1 Å². The molecule has 0 radical (unpaired) electrons. The minimum absolute atomic E-state index is 0. The molecule has 6 heteroatoms. The molecule has 0 unspecified atom stereocenters. The highest BCUT2D eigenvalue weighted by Gasteiger charge is 1.98. The van der Waals surface area contributed by atoms with Crippen LogP contribution in [0, 0.1) is 13.8 Å². The van der Waals surface area contributed by atoms with Crippen molar-refractivity contribution in [3.05, 3.63) is 36.4 Å². The number of hydrogen-bond donors (Lipinski definition) is 0. The number of unbranched alkanes of at least 4 members (excludes halogenated alkanes) is 18. The van der Waals surface area contributed by atoms with Crippen molar-refractivity contribution < 1.29 is 0 Å². The summed E-state index contributed by atoms with van der Waals surface area (Å²) in [5, 5.41) is 0. The van der Waals surface area contributed by atoms with Crippen molar-refractivity contribution >= 4 is 34.0 Å². The van der Waals surface area contributed by atoms with Gasteiger partial charge in [-0.05, 0) is 26.7 Å². The monoisotopic (exact) mass is 660 g/mol. The Morgan fingerprint density at radius 2 is 0.711 bits per heavy atom. The third-order valence-electron chi connectivity index (χ3n) is 7.35. The predicted molar refractivity (Wildman–Crippen MR) is 178 cm³/mol. The smallest absolute Gasteiger partial charge is 0.105 e. The minimum atomic E-state index is 0. The lowest BCUT2D eigenvalue weighted by atomic mass is 10.1. The first-order valence-electron chi connectivity index (χ1n) is 15.6. The summed E-state index contributed by atoms with van der Waals surface area (Å²) in [5.74, 6) is 2.29. The van der Waals surface area contributed by atoms with Crippen LogP contribution >= 0.6 is 34.0 Å². The first-order valence-corrected chi connectivity index (χ1v) is 15.6. The van der Waals surface area contributed by atoms with Gasteiger partial charge >= 0.3 is 0 Å². The number of rotatable bonds is 22. The Bertz CT molecular complexity index is 654. The molecule has 0 aliphatic rings. The van der Waals surface area contributed by atoms with Crippen LogP contribution in [0.15, 0.2) is 24.8 Å². The lowest BCUT2D eigenvalue weighted by Crippen LogP contribution is -1.98. The van der Waals surface area contributed by atoms with Crippen molar-refractivity contribution in [3.8, 4) is 0 Å². The van der Waals surface area contributed by atoms with E-state index < -0.39 is 0 Å². The van der Waals surface area contributed by atoms with E-state index in [1.807, 2.05) is 12.4 Å². The second-order valence-corrected chi connectivity index (χ2v) is 10.7. The number of hydrogen-bond acceptors (Lipinski definition) is 2. The highest BCUT2D eigenvalue weighted by atomic mass is 79.9. The number of aryl methyl sites for hydroxylation is 4. The largest absolute Gasteiger partial charge is 0.335 e. The van der Waals surface area contributed by atoms with Gasteiger partial charge in [0.05, 0.1) is 0 Å².